The van der Waals surface area contributed by atoms with Gasteiger partial charge in [-0.05, 0) is 29.3 Å². The van der Waals surface area contributed by atoms with E-state index in [-0.39, 0.29) is 6.42 Å². The molecule has 0 amide bonds. The largest absolute Gasteiger partial charge is 0.468 e. The summed E-state index contributed by atoms with van der Waals surface area (Å²) in [5, 5.41) is 0. The Balaban J connectivity index is 2.22. The van der Waals surface area contributed by atoms with Crippen LogP contribution in [0.4, 0.5) is 0 Å². The van der Waals surface area contributed by atoms with Crippen LogP contribution >= 0.6 is 31.9 Å². The monoisotopic (exact) mass is 452 g/mol. The highest BCUT2D eigenvalue weighted by atomic mass is 79.9. The van der Waals surface area contributed by atoms with E-state index in [1.54, 1.807) is 0 Å². The minimum absolute atomic E-state index is 0.0571. The second-order valence-electron chi connectivity index (χ2n) is 5.58. The Hall–Kier alpha value is -1.66. The molecule has 0 saturated carbocycles. The molecule has 0 unspecified atom stereocenters. The molecule has 0 spiro atoms. The van der Waals surface area contributed by atoms with E-state index < -0.39 is 23.5 Å². The highest BCUT2D eigenvalue weighted by molar-refractivity contribution is 9.11. The Morgan fingerprint density at radius 1 is 1.17 bits per heavy atom. The number of hydrogen-bond acceptors (Lipinski definition) is 4. The van der Waals surface area contributed by atoms with Gasteiger partial charge in [-0.25, -0.2) is 0 Å². The fraction of sp³-hybridized carbons (Fsp3) is 0.222. The van der Waals surface area contributed by atoms with Gasteiger partial charge < -0.3 is 9.47 Å². The molecule has 24 heavy (non-hydrogen) atoms. The first kappa shape index (κ1) is 17.2. The lowest BCUT2D eigenvalue weighted by Gasteiger charge is -2.30. The van der Waals surface area contributed by atoms with E-state index in [9.17, 15) is 9.59 Å². The summed E-state index contributed by atoms with van der Waals surface area (Å²) in [4.78, 5) is 24.9. The van der Waals surface area contributed by atoms with Gasteiger partial charge in [0.25, 0.3) is 0 Å². The molecule has 2 atom stereocenters. The summed E-state index contributed by atoms with van der Waals surface area (Å²) >= 11 is 6.87. The summed E-state index contributed by atoms with van der Waals surface area (Å²) in [6, 6.07) is 14.7. The van der Waals surface area contributed by atoms with Gasteiger partial charge in [-0.2, -0.15) is 0 Å². The number of ether oxygens (including phenoxy) is 2. The molecule has 0 aromatic heterocycles. The maximum absolute atomic E-state index is 12.8. The smallest absolute Gasteiger partial charge is 0.321 e. The van der Waals surface area contributed by atoms with Crippen LogP contribution in [0.1, 0.15) is 23.7 Å². The van der Waals surface area contributed by atoms with Crippen molar-refractivity contribution >= 4 is 43.8 Å². The summed E-state index contributed by atoms with van der Waals surface area (Å²) in [5.74, 6) is -0.911. The van der Waals surface area contributed by atoms with E-state index in [4.69, 9.17) is 9.47 Å². The quantitative estimate of drug-likeness (QED) is 0.649. The lowest BCUT2D eigenvalue weighted by molar-refractivity contribution is -0.150. The van der Waals surface area contributed by atoms with E-state index in [0.29, 0.717) is 5.56 Å². The van der Waals surface area contributed by atoms with Crippen molar-refractivity contribution in [1.82, 2.24) is 0 Å². The number of cyclic esters (lactones) is 1. The van der Waals surface area contributed by atoms with Gasteiger partial charge in [0.1, 0.15) is 11.5 Å². The summed E-state index contributed by atoms with van der Waals surface area (Å²) < 4.78 is 12.3. The van der Waals surface area contributed by atoms with Crippen LogP contribution in [0.5, 0.6) is 0 Å². The first-order valence-electron chi connectivity index (χ1n) is 7.27. The third-order valence-electron chi connectivity index (χ3n) is 4.15. The number of methoxy groups -OCH3 is 1. The van der Waals surface area contributed by atoms with E-state index in [1.165, 1.54) is 7.11 Å². The van der Waals surface area contributed by atoms with Crippen molar-refractivity contribution in [3.05, 3.63) is 68.6 Å². The molecule has 1 aliphatic heterocycles. The van der Waals surface area contributed by atoms with Crippen molar-refractivity contribution in [3.63, 3.8) is 0 Å². The summed E-state index contributed by atoms with van der Waals surface area (Å²) in [6.45, 7) is 0. The standard InChI is InChI=1S/C18H14Br2O4/c1-23-17(22)18(12-5-3-2-4-6-12)10-15(21)24-16(18)11-7-13(19)9-14(20)8-11/h2-9,16H,10H2,1H3/t16-,18-/m0/s1. The second-order valence-corrected chi connectivity index (χ2v) is 7.41. The maximum atomic E-state index is 12.8. The van der Waals surface area contributed by atoms with Gasteiger partial charge in [0, 0.05) is 8.95 Å². The van der Waals surface area contributed by atoms with Gasteiger partial charge >= 0.3 is 11.9 Å². The number of hydrogen-bond donors (Lipinski definition) is 0. The Labute approximate surface area is 156 Å². The third-order valence-corrected chi connectivity index (χ3v) is 5.06. The average molecular weight is 454 g/mol. The molecular weight excluding hydrogens is 440 g/mol. The van der Waals surface area contributed by atoms with E-state index in [0.717, 1.165) is 14.5 Å². The molecule has 1 fully saturated rings. The molecule has 0 aliphatic carbocycles. The molecule has 0 bridgehead atoms. The average Bonchev–Trinajstić information content (AvgIpc) is 2.92. The molecule has 4 nitrogen and oxygen atoms in total. The Morgan fingerprint density at radius 3 is 2.38 bits per heavy atom. The topological polar surface area (TPSA) is 52.6 Å². The van der Waals surface area contributed by atoms with Crippen molar-refractivity contribution in [2.75, 3.05) is 7.11 Å². The Kier molecular flexibility index (Phi) is 4.78. The summed E-state index contributed by atoms with van der Waals surface area (Å²) in [7, 11) is 1.32. The van der Waals surface area contributed by atoms with Crippen molar-refractivity contribution in [2.45, 2.75) is 17.9 Å². The second kappa shape index (κ2) is 6.69. The number of rotatable bonds is 3. The number of esters is 2. The van der Waals surface area contributed by atoms with Crippen molar-refractivity contribution in [1.29, 1.82) is 0 Å². The molecule has 0 radical (unpaired) electrons. The predicted molar refractivity (Wildman–Crippen MR) is 95.4 cm³/mol. The highest BCUT2D eigenvalue weighted by Gasteiger charge is 2.57. The lowest BCUT2D eigenvalue weighted by atomic mass is 9.72. The van der Waals surface area contributed by atoms with Gasteiger partial charge in [0.15, 0.2) is 0 Å². The van der Waals surface area contributed by atoms with E-state index >= 15 is 0 Å². The fourth-order valence-corrected chi connectivity index (χ4v) is 4.47. The normalized spacial score (nSPS) is 23.0. The number of carbonyl (C=O) groups is 2. The van der Waals surface area contributed by atoms with Gasteiger partial charge in [0.2, 0.25) is 0 Å². The molecule has 3 rings (SSSR count). The Bertz CT molecular complexity index is 771. The Morgan fingerprint density at radius 2 is 1.79 bits per heavy atom. The summed E-state index contributed by atoms with van der Waals surface area (Å²) in [6.07, 6.45) is -0.813. The fourth-order valence-electron chi connectivity index (χ4n) is 3.14. The van der Waals surface area contributed by atoms with Gasteiger partial charge in [-0.15, -0.1) is 0 Å². The van der Waals surface area contributed by atoms with Gasteiger partial charge in [-0.1, -0.05) is 62.2 Å². The molecule has 2 aromatic carbocycles. The van der Waals surface area contributed by atoms with Crippen molar-refractivity contribution in [3.8, 4) is 0 Å². The van der Waals surface area contributed by atoms with Crippen LogP contribution in [-0.4, -0.2) is 19.0 Å². The zero-order chi connectivity index (χ0) is 17.3. The zero-order valence-corrected chi connectivity index (χ0v) is 16.0. The first-order chi connectivity index (χ1) is 11.5. The molecule has 6 heteroatoms. The van der Waals surface area contributed by atoms with Crippen LogP contribution < -0.4 is 0 Å². The highest BCUT2D eigenvalue weighted by Crippen LogP contribution is 2.49. The van der Waals surface area contributed by atoms with Crippen LogP contribution in [0.25, 0.3) is 0 Å². The number of carbonyl (C=O) groups excluding carboxylic acids is 2. The van der Waals surface area contributed by atoms with Crippen LogP contribution in [-0.2, 0) is 24.5 Å². The molecule has 0 N–H and O–H groups in total. The molecular formula is C18H14Br2O4. The van der Waals surface area contributed by atoms with Gasteiger partial charge in [-0.3, -0.25) is 9.59 Å². The third kappa shape index (κ3) is 2.89. The van der Waals surface area contributed by atoms with Gasteiger partial charge in [0.05, 0.1) is 13.5 Å². The molecule has 2 aromatic rings. The molecule has 1 saturated heterocycles. The predicted octanol–water partition coefficient (Wildman–Crippen LogP) is 4.31. The minimum atomic E-state index is -1.20. The zero-order valence-electron chi connectivity index (χ0n) is 12.8. The van der Waals surface area contributed by atoms with Crippen LogP contribution in [0.15, 0.2) is 57.5 Å². The number of benzene rings is 2. The minimum Gasteiger partial charge on any atom is -0.468 e. The molecule has 1 aliphatic rings. The number of halogens is 2. The first-order valence-corrected chi connectivity index (χ1v) is 8.85. The van der Waals surface area contributed by atoms with Crippen LogP contribution in [0.2, 0.25) is 0 Å². The maximum Gasteiger partial charge on any atom is 0.321 e. The van der Waals surface area contributed by atoms with E-state index in [2.05, 4.69) is 31.9 Å². The molecule has 124 valence electrons. The van der Waals surface area contributed by atoms with Crippen LogP contribution in [0.3, 0.4) is 0 Å². The van der Waals surface area contributed by atoms with Crippen molar-refractivity contribution < 1.29 is 19.1 Å². The van der Waals surface area contributed by atoms with E-state index in [1.807, 2.05) is 48.5 Å². The van der Waals surface area contributed by atoms with Crippen LogP contribution in [0, 0.1) is 0 Å². The van der Waals surface area contributed by atoms with Crippen molar-refractivity contribution in [2.24, 2.45) is 0 Å². The lowest BCUT2D eigenvalue weighted by Crippen LogP contribution is -2.39. The summed E-state index contributed by atoms with van der Waals surface area (Å²) in [5.41, 5.74) is 0.216. The molecule has 1 heterocycles. The SMILES string of the molecule is COC(=O)[C@]1(c2ccccc2)CC(=O)O[C@H]1c1cc(Br)cc(Br)c1.